The minimum absolute atomic E-state index is 0.151. The van der Waals surface area contributed by atoms with Gasteiger partial charge in [-0.15, -0.1) is 0 Å². The molecule has 2 aromatic rings. The fourth-order valence-corrected chi connectivity index (χ4v) is 2.67. The Hall–Kier alpha value is -3.97. The molecular weight excluding hydrogens is 416 g/mol. The third-order valence-corrected chi connectivity index (χ3v) is 4.30. The summed E-state index contributed by atoms with van der Waals surface area (Å²) in [7, 11) is 0. The predicted octanol–water partition coefficient (Wildman–Crippen LogP) is 3.98. The molecule has 1 amide bonds. The number of unbranched alkanes of at least 4 members (excludes halogenated alkanes) is 1. The van der Waals surface area contributed by atoms with Crippen molar-refractivity contribution in [1.82, 2.24) is 0 Å². The van der Waals surface area contributed by atoms with Crippen molar-refractivity contribution in [3.8, 4) is 0 Å². The monoisotopic (exact) mass is 440 g/mol. The minimum atomic E-state index is -1.05. The lowest BCUT2D eigenvalue weighted by Crippen LogP contribution is -2.15. The van der Waals surface area contributed by atoms with Crippen LogP contribution in [0.15, 0.2) is 53.5 Å². The molecule has 2 N–H and O–H groups in total. The van der Waals surface area contributed by atoms with Gasteiger partial charge in [0.25, 0.3) is 0 Å². The van der Waals surface area contributed by atoms with Crippen molar-refractivity contribution in [3.63, 3.8) is 0 Å². The van der Waals surface area contributed by atoms with Crippen LogP contribution in [-0.2, 0) is 30.3 Å². The van der Waals surface area contributed by atoms with Gasteiger partial charge < -0.3 is 14.6 Å². The van der Waals surface area contributed by atoms with E-state index < -0.39 is 18.0 Å². The topological polar surface area (TPSA) is 131 Å². The Balaban J connectivity index is 1.63. The largest absolute Gasteiger partial charge is 0.481 e. The molecule has 0 saturated heterocycles. The number of aliphatic imine (C=N–C) groups is 1. The van der Waals surface area contributed by atoms with Gasteiger partial charge in [-0.3, -0.25) is 14.9 Å². The summed E-state index contributed by atoms with van der Waals surface area (Å²) in [5.74, 6) is -1.60. The summed E-state index contributed by atoms with van der Waals surface area (Å²) in [6.07, 6.45) is 2.21. The Bertz CT molecular complexity index is 949. The summed E-state index contributed by atoms with van der Waals surface area (Å²) in [6.45, 7) is 0.318. The number of ether oxygens (including phenoxy) is 2. The first-order valence-electron chi connectivity index (χ1n) is 10.0. The summed E-state index contributed by atoms with van der Waals surface area (Å²) in [5, 5.41) is 11.1. The predicted molar refractivity (Wildman–Crippen MR) is 116 cm³/mol. The zero-order chi connectivity index (χ0) is 23.2. The van der Waals surface area contributed by atoms with Crippen LogP contribution in [0.3, 0.4) is 0 Å². The smallest absolute Gasteiger partial charge is 0.411 e. The number of hydrogen-bond donors (Lipinski definition) is 2. The number of aliphatic carboxylic acids is 1. The van der Waals surface area contributed by atoms with E-state index in [-0.39, 0.29) is 26.1 Å². The number of nitrogens with zero attached hydrogens (tertiary/aromatic N) is 1. The highest BCUT2D eigenvalue weighted by Crippen LogP contribution is 2.17. The maximum atomic E-state index is 11.9. The van der Waals surface area contributed by atoms with Crippen molar-refractivity contribution in [3.05, 3.63) is 59.7 Å². The highest BCUT2D eigenvalue weighted by molar-refractivity contribution is 5.84. The fraction of sp³-hybridized carbons (Fsp3) is 0.304. The first-order chi connectivity index (χ1) is 15.5. The highest BCUT2D eigenvalue weighted by Gasteiger charge is 2.07. The molecule has 0 unspecified atom stereocenters. The molecule has 9 heteroatoms. The number of nitrogens with one attached hydrogen (secondary N) is 1. The van der Waals surface area contributed by atoms with E-state index in [2.05, 4.69) is 10.3 Å². The number of anilines is 1. The van der Waals surface area contributed by atoms with Crippen LogP contribution < -0.4 is 5.32 Å². The zero-order valence-corrected chi connectivity index (χ0v) is 17.4. The molecule has 32 heavy (non-hydrogen) atoms. The average Bonchev–Trinajstić information content (AvgIpc) is 2.77. The third kappa shape index (κ3) is 9.69. The number of isocyanates is 1. The standard InChI is InChI=1S/C23H24N2O7/c26-16-24-19-7-3-17(4-8-19)15-18-5-9-20(10-6-18)25-23(30)32-14-2-1-13-31-22(29)12-11-21(27)28/h3-10H,1-2,11-15H2,(H,25,30)(H,27,28). The van der Waals surface area contributed by atoms with Gasteiger partial charge in [-0.1, -0.05) is 24.3 Å². The van der Waals surface area contributed by atoms with Crippen molar-refractivity contribution in [2.45, 2.75) is 32.1 Å². The lowest BCUT2D eigenvalue weighted by molar-refractivity contribution is -0.147. The number of carbonyl (C=O) groups excluding carboxylic acids is 3. The lowest BCUT2D eigenvalue weighted by atomic mass is 10.0. The molecule has 0 aliphatic heterocycles. The van der Waals surface area contributed by atoms with Crippen LogP contribution in [0.1, 0.15) is 36.8 Å². The van der Waals surface area contributed by atoms with Crippen molar-refractivity contribution in [2.75, 3.05) is 18.5 Å². The zero-order valence-electron chi connectivity index (χ0n) is 17.4. The van der Waals surface area contributed by atoms with Crippen LogP contribution in [0.25, 0.3) is 0 Å². The molecule has 0 aliphatic carbocycles. The van der Waals surface area contributed by atoms with Gasteiger partial charge in [0.15, 0.2) is 0 Å². The van der Waals surface area contributed by atoms with Crippen LogP contribution in [0.2, 0.25) is 0 Å². The maximum Gasteiger partial charge on any atom is 0.411 e. The van der Waals surface area contributed by atoms with E-state index in [1.807, 2.05) is 24.3 Å². The summed E-state index contributed by atoms with van der Waals surface area (Å²) in [5.41, 5.74) is 3.26. The van der Waals surface area contributed by atoms with Crippen LogP contribution in [-0.4, -0.2) is 42.4 Å². The average molecular weight is 440 g/mol. The van der Waals surface area contributed by atoms with Gasteiger partial charge in [0.05, 0.1) is 31.7 Å². The first-order valence-corrected chi connectivity index (χ1v) is 10.0. The van der Waals surface area contributed by atoms with Gasteiger partial charge in [0, 0.05) is 5.69 Å². The number of benzene rings is 2. The molecule has 0 heterocycles. The van der Waals surface area contributed by atoms with Crippen LogP contribution >= 0.6 is 0 Å². The van der Waals surface area contributed by atoms with Gasteiger partial charge in [-0.05, 0) is 54.7 Å². The number of carboxylic acids is 1. The van der Waals surface area contributed by atoms with E-state index >= 15 is 0 Å². The molecule has 0 atom stereocenters. The minimum Gasteiger partial charge on any atom is -0.481 e. The summed E-state index contributed by atoms with van der Waals surface area (Å²) >= 11 is 0. The Kier molecular flexibility index (Phi) is 10.1. The van der Waals surface area contributed by atoms with Crippen molar-refractivity contribution in [1.29, 1.82) is 0 Å². The number of esters is 1. The van der Waals surface area contributed by atoms with E-state index in [1.165, 1.54) is 6.08 Å². The third-order valence-electron chi connectivity index (χ3n) is 4.30. The van der Waals surface area contributed by atoms with E-state index in [4.69, 9.17) is 14.6 Å². The number of rotatable bonds is 12. The molecule has 2 rings (SSSR count). The van der Waals surface area contributed by atoms with Crippen LogP contribution in [0.4, 0.5) is 16.2 Å². The van der Waals surface area contributed by atoms with Gasteiger partial charge in [-0.25, -0.2) is 9.59 Å². The van der Waals surface area contributed by atoms with Gasteiger partial charge >= 0.3 is 18.0 Å². The summed E-state index contributed by atoms with van der Waals surface area (Å²) < 4.78 is 9.97. The van der Waals surface area contributed by atoms with Crippen molar-refractivity contribution < 1.29 is 33.8 Å². The molecule has 0 spiro atoms. The maximum absolute atomic E-state index is 11.9. The number of hydrogen-bond acceptors (Lipinski definition) is 7. The summed E-state index contributed by atoms with van der Waals surface area (Å²) in [6, 6.07) is 14.6. The van der Waals surface area contributed by atoms with E-state index in [0.717, 1.165) is 11.1 Å². The van der Waals surface area contributed by atoms with Gasteiger partial charge in [-0.2, -0.15) is 4.99 Å². The molecule has 0 aliphatic rings. The number of carboxylic acid groups (broad SMARTS) is 1. The number of amides is 1. The molecule has 168 valence electrons. The van der Waals surface area contributed by atoms with Crippen LogP contribution in [0.5, 0.6) is 0 Å². The van der Waals surface area contributed by atoms with Gasteiger partial charge in [0.1, 0.15) is 0 Å². The number of carbonyl (C=O) groups is 3. The first kappa shape index (κ1) is 24.3. The second-order valence-corrected chi connectivity index (χ2v) is 6.83. The Morgan fingerprint density at radius 3 is 2.06 bits per heavy atom. The van der Waals surface area contributed by atoms with Crippen molar-refractivity contribution >= 4 is 35.5 Å². The molecule has 0 aromatic heterocycles. The summed E-state index contributed by atoms with van der Waals surface area (Å²) in [4.78, 5) is 47.3. The van der Waals surface area contributed by atoms with E-state index in [1.54, 1.807) is 24.3 Å². The molecule has 2 aromatic carbocycles. The van der Waals surface area contributed by atoms with Crippen LogP contribution in [0, 0.1) is 0 Å². The Morgan fingerprint density at radius 1 is 0.875 bits per heavy atom. The molecule has 0 saturated carbocycles. The highest BCUT2D eigenvalue weighted by atomic mass is 16.5. The second kappa shape index (κ2) is 13.4. The van der Waals surface area contributed by atoms with E-state index in [0.29, 0.717) is 30.6 Å². The molecule has 0 fully saturated rings. The second-order valence-electron chi connectivity index (χ2n) is 6.83. The quantitative estimate of drug-likeness (QED) is 0.221. The van der Waals surface area contributed by atoms with Crippen molar-refractivity contribution in [2.24, 2.45) is 4.99 Å². The fourth-order valence-electron chi connectivity index (χ4n) is 2.67. The lowest BCUT2D eigenvalue weighted by Gasteiger charge is -2.08. The van der Waals surface area contributed by atoms with E-state index in [9.17, 15) is 19.2 Å². The normalized spacial score (nSPS) is 10.0. The Labute approximate surface area is 185 Å². The Morgan fingerprint density at radius 2 is 1.47 bits per heavy atom. The molecule has 0 radical (unpaired) electrons. The SMILES string of the molecule is O=C=Nc1ccc(Cc2ccc(NC(=O)OCCCCOC(=O)CCC(=O)O)cc2)cc1. The molecule has 9 nitrogen and oxygen atoms in total. The van der Waals surface area contributed by atoms with Gasteiger partial charge in [0.2, 0.25) is 6.08 Å². The molecule has 0 bridgehead atoms. The molecular formula is C23H24N2O7.